The van der Waals surface area contributed by atoms with Gasteiger partial charge in [-0.1, -0.05) is 25.3 Å². The molecule has 3 rings (SSSR count). The third-order valence-corrected chi connectivity index (χ3v) is 5.25. The van der Waals surface area contributed by atoms with Gasteiger partial charge >= 0.3 is 23.9 Å². The van der Waals surface area contributed by atoms with Gasteiger partial charge in [0.05, 0.1) is 18.8 Å². The molecule has 206 valence electrons. The van der Waals surface area contributed by atoms with Crippen molar-refractivity contribution >= 4 is 23.9 Å². The molecule has 0 saturated heterocycles. The van der Waals surface area contributed by atoms with E-state index in [-0.39, 0.29) is 18.8 Å². The number of benzene rings is 3. The van der Waals surface area contributed by atoms with Crippen LogP contribution in [-0.4, -0.2) is 37.1 Å². The van der Waals surface area contributed by atoms with Crippen LogP contribution in [0.5, 0.6) is 23.0 Å². The molecule has 0 radical (unpaired) electrons. The normalized spacial score (nSPS) is 10.1. The van der Waals surface area contributed by atoms with Gasteiger partial charge in [-0.05, 0) is 72.6 Å². The van der Waals surface area contributed by atoms with Crippen LogP contribution in [0.15, 0.2) is 98.1 Å². The molecule has 0 aliphatic rings. The first-order valence-corrected chi connectivity index (χ1v) is 12.3. The molecule has 0 N–H and O–H groups in total. The summed E-state index contributed by atoms with van der Waals surface area (Å²) in [4.78, 5) is 46.9. The molecular weight excluding hydrogens is 516 g/mol. The van der Waals surface area contributed by atoms with Crippen LogP contribution in [0.25, 0.3) is 0 Å². The van der Waals surface area contributed by atoms with Gasteiger partial charge in [0.25, 0.3) is 0 Å². The fourth-order valence-corrected chi connectivity index (χ4v) is 3.22. The monoisotopic (exact) mass is 544 g/mol. The summed E-state index contributed by atoms with van der Waals surface area (Å²) in [5.74, 6) is -0.455. The van der Waals surface area contributed by atoms with Crippen LogP contribution in [0, 0.1) is 0 Å². The van der Waals surface area contributed by atoms with Gasteiger partial charge in [0.15, 0.2) is 0 Å². The zero-order chi connectivity index (χ0) is 28.7. The van der Waals surface area contributed by atoms with Crippen molar-refractivity contribution in [1.82, 2.24) is 0 Å². The number of aryl methyl sites for hydroxylation is 1. The summed E-state index contributed by atoms with van der Waals surface area (Å²) >= 11 is 0. The van der Waals surface area contributed by atoms with Crippen molar-refractivity contribution < 1.29 is 42.9 Å². The Balaban J connectivity index is 1.40. The summed E-state index contributed by atoms with van der Waals surface area (Å²) in [6, 6.07) is 19.4. The minimum Gasteiger partial charge on any atom is -0.493 e. The Morgan fingerprint density at radius 2 is 1.18 bits per heavy atom. The quantitative estimate of drug-likeness (QED) is 0.119. The molecule has 3 aromatic rings. The van der Waals surface area contributed by atoms with E-state index >= 15 is 0 Å². The standard InChI is InChI=1S/C31H28O9/c1-3-28(32)37-21-5-20-36-24-13-9-23(10-14-24)31(35)40-27-17-15-26(16-18-27)39-30(34)19-8-22-6-11-25(12-7-22)38-29(33)4-2/h3-4,6-7,9-18H,1-2,5,8,19-21H2. The lowest BCUT2D eigenvalue weighted by Crippen LogP contribution is -2.10. The highest BCUT2D eigenvalue weighted by Crippen LogP contribution is 2.21. The first-order chi connectivity index (χ1) is 19.4. The molecular formula is C31H28O9. The predicted molar refractivity (Wildman–Crippen MR) is 145 cm³/mol. The summed E-state index contributed by atoms with van der Waals surface area (Å²) in [6.45, 7) is 7.23. The van der Waals surface area contributed by atoms with Gasteiger partial charge < -0.3 is 23.7 Å². The summed E-state index contributed by atoms with van der Waals surface area (Å²) in [7, 11) is 0. The van der Waals surface area contributed by atoms with Crippen LogP contribution in [0.1, 0.15) is 28.8 Å². The Bertz CT molecular complexity index is 1320. The van der Waals surface area contributed by atoms with Crippen molar-refractivity contribution in [2.75, 3.05) is 13.2 Å². The van der Waals surface area contributed by atoms with Gasteiger partial charge in [-0.3, -0.25) is 4.79 Å². The number of carbonyl (C=O) groups is 4. The van der Waals surface area contributed by atoms with Crippen molar-refractivity contribution in [2.24, 2.45) is 0 Å². The van der Waals surface area contributed by atoms with E-state index in [0.29, 0.717) is 42.3 Å². The smallest absolute Gasteiger partial charge is 0.343 e. The number of hydrogen-bond donors (Lipinski definition) is 0. The third kappa shape index (κ3) is 9.94. The maximum atomic E-state index is 12.5. The molecule has 0 amide bonds. The summed E-state index contributed by atoms with van der Waals surface area (Å²) in [5.41, 5.74) is 1.21. The van der Waals surface area contributed by atoms with Gasteiger partial charge in [-0.15, -0.1) is 0 Å². The molecule has 0 aromatic heterocycles. The number of rotatable bonds is 14. The minimum atomic E-state index is -0.557. The van der Waals surface area contributed by atoms with E-state index in [0.717, 1.165) is 17.7 Å². The molecule has 9 nitrogen and oxygen atoms in total. The van der Waals surface area contributed by atoms with Crippen molar-refractivity contribution in [1.29, 1.82) is 0 Å². The average Bonchev–Trinajstić information content (AvgIpc) is 2.97. The Morgan fingerprint density at radius 1 is 0.625 bits per heavy atom. The largest absolute Gasteiger partial charge is 0.493 e. The van der Waals surface area contributed by atoms with Crippen molar-refractivity contribution in [3.8, 4) is 23.0 Å². The van der Waals surface area contributed by atoms with Gasteiger partial charge in [0.1, 0.15) is 23.0 Å². The van der Waals surface area contributed by atoms with E-state index in [1.54, 1.807) is 48.5 Å². The zero-order valence-corrected chi connectivity index (χ0v) is 21.7. The van der Waals surface area contributed by atoms with Gasteiger partial charge in [-0.25, -0.2) is 14.4 Å². The average molecular weight is 545 g/mol. The molecule has 0 spiro atoms. The summed E-state index contributed by atoms with van der Waals surface area (Å²) in [6.07, 6.45) is 3.28. The second-order valence-corrected chi connectivity index (χ2v) is 8.20. The second-order valence-electron chi connectivity index (χ2n) is 8.20. The summed E-state index contributed by atoms with van der Waals surface area (Å²) < 4.78 is 26.2. The Hall–Kier alpha value is -5.18. The molecule has 0 heterocycles. The highest BCUT2D eigenvalue weighted by Gasteiger charge is 2.11. The predicted octanol–water partition coefficient (Wildman–Crippen LogP) is 5.03. The van der Waals surface area contributed by atoms with Gasteiger partial charge in [-0.2, -0.15) is 0 Å². The van der Waals surface area contributed by atoms with E-state index in [4.69, 9.17) is 23.7 Å². The lowest BCUT2D eigenvalue weighted by molar-refractivity contribution is -0.138. The fraction of sp³-hybridized carbons (Fsp3) is 0.161. The lowest BCUT2D eigenvalue weighted by atomic mass is 10.1. The van der Waals surface area contributed by atoms with Crippen LogP contribution in [0.4, 0.5) is 0 Å². The van der Waals surface area contributed by atoms with Crippen molar-refractivity contribution in [2.45, 2.75) is 19.3 Å². The molecule has 0 atom stereocenters. The highest BCUT2D eigenvalue weighted by molar-refractivity contribution is 5.91. The lowest BCUT2D eigenvalue weighted by Gasteiger charge is -2.09. The molecule has 0 saturated carbocycles. The molecule has 3 aromatic carbocycles. The van der Waals surface area contributed by atoms with E-state index in [2.05, 4.69) is 13.2 Å². The zero-order valence-electron chi connectivity index (χ0n) is 21.7. The maximum absolute atomic E-state index is 12.5. The topological polar surface area (TPSA) is 114 Å². The van der Waals surface area contributed by atoms with Crippen LogP contribution in [0.2, 0.25) is 0 Å². The van der Waals surface area contributed by atoms with Crippen LogP contribution < -0.4 is 18.9 Å². The van der Waals surface area contributed by atoms with E-state index in [9.17, 15) is 19.2 Å². The van der Waals surface area contributed by atoms with Crippen LogP contribution >= 0.6 is 0 Å². The molecule has 0 fully saturated rings. The molecule has 40 heavy (non-hydrogen) atoms. The molecule has 9 heteroatoms. The number of esters is 4. The van der Waals surface area contributed by atoms with Crippen molar-refractivity contribution in [3.63, 3.8) is 0 Å². The van der Waals surface area contributed by atoms with Crippen LogP contribution in [-0.2, 0) is 25.5 Å². The van der Waals surface area contributed by atoms with E-state index < -0.39 is 23.9 Å². The molecule has 0 aliphatic carbocycles. The highest BCUT2D eigenvalue weighted by atomic mass is 16.5. The SMILES string of the molecule is C=CC(=O)OCCCOc1ccc(C(=O)Oc2ccc(OC(=O)CCc3ccc(OC(=O)C=C)cc3)cc2)cc1. The molecule has 0 unspecified atom stereocenters. The molecule has 0 bridgehead atoms. The third-order valence-electron chi connectivity index (χ3n) is 5.25. The first-order valence-electron chi connectivity index (χ1n) is 12.3. The van der Waals surface area contributed by atoms with Gasteiger partial charge in [0, 0.05) is 25.0 Å². The second kappa shape index (κ2) is 15.3. The number of carbonyl (C=O) groups excluding carboxylic acids is 4. The first kappa shape index (κ1) is 29.4. The number of ether oxygens (including phenoxy) is 5. The minimum absolute atomic E-state index is 0.144. The van der Waals surface area contributed by atoms with E-state index in [1.165, 1.54) is 24.3 Å². The Labute approximate surface area is 231 Å². The number of hydrogen-bond acceptors (Lipinski definition) is 9. The Kier molecular flexibility index (Phi) is 11.2. The van der Waals surface area contributed by atoms with Gasteiger partial charge in [0.2, 0.25) is 0 Å². The summed E-state index contributed by atoms with van der Waals surface area (Å²) in [5, 5.41) is 0. The Morgan fingerprint density at radius 3 is 1.80 bits per heavy atom. The maximum Gasteiger partial charge on any atom is 0.343 e. The van der Waals surface area contributed by atoms with E-state index in [1.807, 2.05) is 0 Å². The van der Waals surface area contributed by atoms with Crippen molar-refractivity contribution in [3.05, 3.63) is 109 Å². The van der Waals surface area contributed by atoms with Crippen LogP contribution in [0.3, 0.4) is 0 Å². The molecule has 0 aliphatic heterocycles. The fourth-order valence-electron chi connectivity index (χ4n) is 3.22.